The molecule has 0 spiro atoms. The molecular formula is C9H8Cl2IN. The molecular weight excluding hydrogens is 320 g/mol. The summed E-state index contributed by atoms with van der Waals surface area (Å²) < 4.78 is 1.11. The number of halogens is 3. The molecule has 0 unspecified atom stereocenters. The van der Waals surface area contributed by atoms with Crippen molar-refractivity contribution in [1.29, 1.82) is 0 Å². The predicted molar refractivity (Wildman–Crippen MR) is 67.7 cm³/mol. The van der Waals surface area contributed by atoms with Crippen molar-refractivity contribution in [2.24, 2.45) is 0 Å². The van der Waals surface area contributed by atoms with Crippen LogP contribution in [0.25, 0.3) is 0 Å². The van der Waals surface area contributed by atoms with E-state index in [1.54, 1.807) is 0 Å². The van der Waals surface area contributed by atoms with Gasteiger partial charge in [0.05, 0.1) is 17.3 Å². The maximum Gasteiger partial charge on any atom is 0.0648 e. The summed E-state index contributed by atoms with van der Waals surface area (Å²) in [5, 5.41) is 4.34. The second-order valence-electron chi connectivity index (χ2n) is 2.49. The van der Waals surface area contributed by atoms with Gasteiger partial charge >= 0.3 is 0 Å². The van der Waals surface area contributed by atoms with Gasteiger partial charge in [0.25, 0.3) is 0 Å². The molecule has 0 amide bonds. The first-order valence-electron chi connectivity index (χ1n) is 3.62. The minimum atomic E-state index is 0.530. The van der Waals surface area contributed by atoms with Gasteiger partial charge in [-0.05, 0) is 40.8 Å². The Hall–Kier alpha value is 0.0700. The number of anilines is 1. The number of nitrogens with one attached hydrogen (secondary N) is 1. The number of hydrogen-bond donors (Lipinski definition) is 1. The maximum absolute atomic E-state index is 5.97. The fraction of sp³-hybridized carbons (Fsp3) is 0.111. The third-order valence-electron chi connectivity index (χ3n) is 1.40. The van der Waals surface area contributed by atoms with Crippen molar-refractivity contribution in [3.8, 4) is 0 Å². The van der Waals surface area contributed by atoms with Crippen molar-refractivity contribution in [2.75, 3.05) is 11.9 Å². The first-order valence-corrected chi connectivity index (χ1v) is 5.45. The molecule has 0 heterocycles. The zero-order chi connectivity index (χ0) is 9.84. The summed E-state index contributed by atoms with van der Waals surface area (Å²) in [6.07, 6.45) is 0. The largest absolute Gasteiger partial charge is 0.379 e. The quantitative estimate of drug-likeness (QED) is 0.824. The molecule has 0 aromatic heterocycles. The lowest BCUT2D eigenvalue weighted by atomic mass is 10.3. The predicted octanol–water partition coefficient (Wildman–Crippen LogP) is 4.11. The van der Waals surface area contributed by atoms with Crippen molar-refractivity contribution in [3.63, 3.8) is 0 Å². The lowest BCUT2D eigenvalue weighted by Gasteiger charge is -2.06. The lowest BCUT2D eigenvalue weighted by molar-refractivity contribution is 1.31. The number of rotatable bonds is 3. The smallest absolute Gasteiger partial charge is 0.0648 e. The molecule has 0 saturated heterocycles. The molecule has 0 bridgehead atoms. The second-order valence-corrected chi connectivity index (χ2v) is 4.68. The molecule has 0 atom stereocenters. The molecule has 70 valence electrons. The van der Waals surface area contributed by atoms with Gasteiger partial charge in [0.1, 0.15) is 0 Å². The van der Waals surface area contributed by atoms with Crippen LogP contribution in [0.5, 0.6) is 0 Å². The Morgan fingerprint density at radius 3 is 2.77 bits per heavy atom. The first kappa shape index (κ1) is 11.1. The van der Waals surface area contributed by atoms with Gasteiger partial charge in [0, 0.05) is 8.60 Å². The lowest BCUT2D eigenvalue weighted by Crippen LogP contribution is -2.01. The van der Waals surface area contributed by atoms with Gasteiger partial charge in [0.2, 0.25) is 0 Å². The highest BCUT2D eigenvalue weighted by molar-refractivity contribution is 14.1. The average Bonchev–Trinajstić information content (AvgIpc) is 2.02. The highest BCUT2D eigenvalue weighted by Gasteiger charge is 1.99. The van der Waals surface area contributed by atoms with Crippen LogP contribution >= 0.6 is 45.8 Å². The summed E-state index contributed by atoms with van der Waals surface area (Å²) in [5.74, 6) is 0. The van der Waals surface area contributed by atoms with Crippen LogP contribution < -0.4 is 5.32 Å². The van der Waals surface area contributed by atoms with Gasteiger partial charge in [-0.1, -0.05) is 29.8 Å². The zero-order valence-electron chi connectivity index (χ0n) is 6.78. The van der Waals surface area contributed by atoms with Crippen LogP contribution in [0.2, 0.25) is 5.02 Å². The van der Waals surface area contributed by atoms with Crippen molar-refractivity contribution >= 4 is 51.5 Å². The van der Waals surface area contributed by atoms with Crippen LogP contribution in [0, 0.1) is 3.57 Å². The van der Waals surface area contributed by atoms with E-state index >= 15 is 0 Å². The molecule has 0 saturated carbocycles. The fourth-order valence-corrected chi connectivity index (χ4v) is 1.81. The average molecular weight is 328 g/mol. The Morgan fingerprint density at radius 2 is 2.23 bits per heavy atom. The summed E-state index contributed by atoms with van der Waals surface area (Å²) >= 11 is 13.8. The molecule has 0 aliphatic carbocycles. The number of benzene rings is 1. The van der Waals surface area contributed by atoms with Crippen LogP contribution in [0.1, 0.15) is 0 Å². The van der Waals surface area contributed by atoms with Crippen molar-refractivity contribution in [3.05, 3.63) is 38.4 Å². The van der Waals surface area contributed by atoms with Crippen LogP contribution in [-0.4, -0.2) is 6.54 Å². The SMILES string of the molecule is C=C(Cl)CNc1ccc(I)cc1Cl. The Balaban J connectivity index is 2.72. The molecule has 13 heavy (non-hydrogen) atoms. The third-order valence-corrected chi connectivity index (χ3v) is 2.52. The first-order chi connectivity index (χ1) is 6.09. The van der Waals surface area contributed by atoms with E-state index in [0.717, 1.165) is 9.26 Å². The summed E-state index contributed by atoms with van der Waals surface area (Å²) in [7, 11) is 0. The monoisotopic (exact) mass is 327 g/mol. The summed E-state index contributed by atoms with van der Waals surface area (Å²) in [6, 6.07) is 5.79. The molecule has 1 N–H and O–H groups in total. The van der Waals surface area contributed by atoms with E-state index in [1.807, 2.05) is 18.2 Å². The standard InChI is InChI=1S/C9H8Cl2IN/c1-6(10)5-13-9-3-2-7(12)4-8(9)11/h2-4,13H,1,5H2. The molecule has 1 aromatic carbocycles. The van der Waals surface area contributed by atoms with Crippen LogP contribution in [0.3, 0.4) is 0 Å². The zero-order valence-corrected chi connectivity index (χ0v) is 10.4. The van der Waals surface area contributed by atoms with Gasteiger partial charge in [-0.15, -0.1) is 0 Å². The Morgan fingerprint density at radius 1 is 1.54 bits per heavy atom. The van der Waals surface area contributed by atoms with E-state index in [-0.39, 0.29) is 0 Å². The van der Waals surface area contributed by atoms with E-state index in [9.17, 15) is 0 Å². The third kappa shape index (κ3) is 3.75. The van der Waals surface area contributed by atoms with Gasteiger partial charge in [-0.3, -0.25) is 0 Å². The highest BCUT2D eigenvalue weighted by Crippen LogP contribution is 2.23. The maximum atomic E-state index is 5.97. The highest BCUT2D eigenvalue weighted by atomic mass is 127. The van der Waals surface area contributed by atoms with Crippen LogP contribution in [0.4, 0.5) is 5.69 Å². The Bertz CT molecular complexity index is 325. The van der Waals surface area contributed by atoms with E-state index in [1.165, 1.54) is 0 Å². The topological polar surface area (TPSA) is 12.0 Å². The van der Waals surface area contributed by atoms with Gasteiger partial charge in [0.15, 0.2) is 0 Å². The fourth-order valence-electron chi connectivity index (χ4n) is 0.824. The van der Waals surface area contributed by atoms with Crippen molar-refractivity contribution in [2.45, 2.75) is 0 Å². The summed E-state index contributed by atoms with van der Waals surface area (Å²) in [4.78, 5) is 0. The Kier molecular flexibility index (Phi) is 4.35. The molecule has 1 rings (SSSR count). The number of hydrogen-bond acceptors (Lipinski definition) is 1. The molecule has 1 aromatic rings. The molecule has 1 nitrogen and oxygen atoms in total. The molecule has 0 aliphatic heterocycles. The minimum Gasteiger partial charge on any atom is -0.379 e. The normalized spacial score (nSPS) is 9.77. The molecule has 0 aliphatic rings. The summed E-state index contributed by atoms with van der Waals surface area (Å²) in [5.41, 5.74) is 0.879. The van der Waals surface area contributed by atoms with Crippen LogP contribution in [0.15, 0.2) is 29.8 Å². The minimum absolute atomic E-state index is 0.530. The van der Waals surface area contributed by atoms with Gasteiger partial charge in [-0.25, -0.2) is 0 Å². The molecule has 0 radical (unpaired) electrons. The van der Waals surface area contributed by atoms with Crippen molar-refractivity contribution < 1.29 is 0 Å². The van der Waals surface area contributed by atoms with Crippen molar-refractivity contribution in [1.82, 2.24) is 0 Å². The summed E-state index contributed by atoms with van der Waals surface area (Å²) in [6.45, 7) is 4.11. The second kappa shape index (κ2) is 5.08. The van der Waals surface area contributed by atoms with Crippen LogP contribution in [-0.2, 0) is 0 Å². The Labute approximate surface area is 101 Å². The van der Waals surface area contributed by atoms with E-state index in [0.29, 0.717) is 16.6 Å². The van der Waals surface area contributed by atoms with Gasteiger partial charge < -0.3 is 5.32 Å². The van der Waals surface area contributed by atoms with E-state index < -0.39 is 0 Å². The molecule has 0 fully saturated rings. The van der Waals surface area contributed by atoms with E-state index in [2.05, 4.69) is 34.5 Å². The molecule has 4 heteroatoms. The van der Waals surface area contributed by atoms with E-state index in [4.69, 9.17) is 23.2 Å². The van der Waals surface area contributed by atoms with Gasteiger partial charge in [-0.2, -0.15) is 0 Å².